The van der Waals surface area contributed by atoms with Gasteiger partial charge in [-0.2, -0.15) is 0 Å². The number of nitrogens with two attached hydrogens (primary N) is 1. The van der Waals surface area contributed by atoms with E-state index in [0.29, 0.717) is 21.8 Å². The van der Waals surface area contributed by atoms with Gasteiger partial charge in [-0.25, -0.2) is 20.8 Å². The summed E-state index contributed by atoms with van der Waals surface area (Å²) < 4.78 is 4.98. The Morgan fingerprint density at radius 2 is 2.37 bits per heavy atom. The smallest absolute Gasteiger partial charge is 0.251 e. The summed E-state index contributed by atoms with van der Waals surface area (Å²) >= 11 is 1.20. The summed E-state index contributed by atoms with van der Waals surface area (Å²) in [6.45, 7) is 0.266. The summed E-state index contributed by atoms with van der Waals surface area (Å²) in [5, 5.41) is 1.04. The van der Waals surface area contributed by atoms with Crippen molar-refractivity contribution in [3.05, 3.63) is 34.5 Å². The van der Waals surface area contributed by atoms with Crippen molar-refractivity contribution in [1.29, 1.82) is 0 Å². The molecule has 19 heavy (non-hydrogen) atoms. The largest absolute Gasteiger partial charge is 0.377 e. The molecule has 0 aliphatic carbocycles. The normalized spacial score (nSPS) is 10.4. The molecule has 8 nitrogen and oxygen atoms in total. The molecule has 0 saturated heterocycles. The highest BCUT2D eigenvalue weighted by atomic mass is 32.2. The zero-order valence-electron chi connectivity index (χ0n) is 10.1. The summed E-state index contributed by atoms with van der Waals surface area (Å²) in [6.07, 6.45) is 1.43. The van der Waals surface area contributed by atoms with Crippen LogP contribution in [0.1, 0.15) is 5.82 Å². The minimum absolute atomic E-state index is 0.221. The molecule has 2 rings (SSSR count). The van der Waals surface area contributed by atoms with Gasteiger partial charge in [-0.1, -0.05) is 0 Å². The standard InChI is InChI=1S/C10H12N6O2S/c1-18-5-7-13-6(16-11)4-9(14-7)19-10-12-3-2-8(17)15-10/h2-4H,5,11H2,1H3,(H,12,15,17)(H,13,14,16). The molecule has 0 aliphatic heterocycles. The van der Waals surface area contributed by atoms with Crippen LogP contribution in [0, 0.1) is 0 Å². The Morgan fingerprint density at radius 1 is 1.53 bits per heavy atom. The Bertz CT molecular complexity index is 617. The van der Waals surface area contributed by atoms with E-state index in [0.717, 1.165) is 0 Å². The Labute approximate surface area is 112 Å². The van der Waals surface area contributed by atoms with Gasteiger partial charge in [0.15, 0.2) is 11.0 Å². The summed E-state index contributed by atoms with van der Waals surface area (Å²) in [4.78, 5) is 26.2. The van der Waals surface area contributed by atoms with E-state index >= 15 is 0 Å². The highest BCUT2D eigenvalue weighted by molar-refractivity contribution is 7.99. The maximum Gasteiger partial charge on any atom is 0.251 e. The highest BCUT2D eigenvalue weighted by Gasteiger charge is 2.07. The van der Waals surface area contributed by atoms with E-state index < -0.39 is 0 Å². The molecule has 0 unspecified atom stereocenters. The van der Waals surface area contributed by atoms with Crippen molar-refractivity contribution in [2.45, 2.75) is 16.8 Å². The molecule has 4 N–H and O–H groups in total. The Hall–Kier alpha value is -1.97. The van der Waals surface area contributed by atoms with E-state index in [1.165, 1.54) is 24.0 Å². The van der Waals surface area contributed by atoms with Crippen molar-refractivity contribution in [2.24, 2.45) is 5.84 Å². The number of aromatic nitrogens is 4. The topological polar surface area (TPSA) is 119 Å². The second kappa shape index (κ2) is 6.27. The van der Waals surface area contributed by atoms with Gasteiger partial charge in [0.05, 0.1) is 0 Å². The lowest BCUT2D eigenvalue weighted by atomic mass is 10.5. The number of anilines is 1. The molecule has 2 heterocycles. The average molecular weight is 280 g/mol. The van der Waals surface area contributed by atoms with Crippen molar-refractivity contribution < 1.29 is 4.74 Å². The number of hydrazine groups is 1. The predicted octanol–water partition coefficient (Wildman–Crippen LogP) is 0.143. The monoisotopic (exact) mass is 280 g/mol. The number of nitrogens with one attached hydrogen (secondary N) is 2. The first kappa shape index (κ1) is 13.5. The first-order chi connectivity index (χ1) is 9.21. The van der Waals surface area contributed by atoms with Crippen LogP contribution in [0.2, 0.25) is 0 Å². The molecule has 0 spiro atoms. The summed E-state index contributed by atoms with van der Waals surface area (Å²) in [5.74, 6) is 6.28. The van der Waals surface area contributed by atoms with Gasteiger partial charge in [0, 0.05) is 25.4 Å². The molecule has 0 aromatic carbocycles. The molecule has 0 aliphatic rings. The third-order valence-corrected chi connectivity index (χ3v) is 2.84. The Kier molecular flexibility index (Phi) is 4.44. The molecule has 100 valence electrons. The number of nitrogen functional groups attached to an aromatic ring is 1. The minimum Gasteiger partial charge on any atom is -0.377 e. The molecule has 0 saturated carbocycles. The van der Waals surface area contributed by atoms with Crippen molar-refractivity contribution >= 4 is 17.6 Å². The fraction of sp³-hybridized carbons (Fsp3) is 0.200. The first-order valence-electron chi connectivity index (χ1n) is 5.28. The van der Waals surface area contributed by atoms with E-state index in [1.807, 2.05) is 0 Å². The zero-order chi connectivity index (χ0) is 13.7. The second-order valence-corrected chi connectivity index (χ2v) is 4.44. The summed E-state index contributed by atoms with van der Waals surface area (Å²) in [5.41, 5.74) is 2.23. The van der Waals surface area contributed by atoms with Crippen LogP contribution in [0.25, 0.3) is 0 Å². The molecule has 2 aromatic heterocycles. The van der Waals surface area contributed by atoms with Crippen LogP contribution in [0.15, 0.2) is 33.3 Å². The van der Waals surface area contributed by atoms with Gasteiger partial charge in [0.2, 0.25) is 0 Å². The molecule has 0 bridgehead atoms. The third-order valence-electron chi connectivity index (χ3n) is 2.02. The van der Waals surface area contributed by atoms with Crippen LogP contribution >= 0.6 is 11.8 Å². The first-order valence-corrected chi connectivity index (χ1v) is 6.09. The number of hydrogen-bond acceptors (Lipinski definition) is 8. The van der Waals surface area contributed by atoms with Crippen LogP contribution in [-0.2, 0) is 11.3 Å². The van der Waals surface area contributed by atoms with Gasteiger partial charge in [-0.05, 0) is 11.8 Å². The lowest BCUT2D eigenvalue weighted by molar-refractivity contribution is 0.177. The minimum atomic E-state index is -0.221. The lowest BCUT2D eigenvalue weighted by Gasteiger charge is -2.06. The number of H-pyrrole nitrogens is 1. The maximum absolute atomic E-state index is 11.2. The maximum atomic E-state index is 11.2. The quantitative estimate of drug-likeness (QED) is 0.306. The predicted molar refractivity (Wildman–Crippen MR) is 69.5 cm³/mol. The third kappa shape index (κ3) is 3.74. The second-order valence-electron chi connectivity index (χ2n) is 3.43. The number of nitrogens with zero attached hydrogens (tertiary/aromatic N) is 3. The molecular formula is C10H12N6O2S. The van der Waals surface area contributed by atoms with Gasteiger partial charge in [-0.15, -0.1) is 0 Å². The fourth-order valence-electron chi connectivity index (χ4n) is 1.30. The number of hydrogen-bond donors (Lipinski definition) is 3. The average Bonchev–Trinajstić information content (AvgIpc) is 2.39. The number of rotatable bonds is 5. The lowest BCUT2D eigenvalue weighted by Crippen LogP contribution is -2.11. The molecule has 0 radical (unpaired) electrons. The van der Waals surface area contributed by atoms with Crippen molar-refractivity contribution in [3.63, 3.8) is 0 Å². The summed E-state index contributed by atoms with van der Waals surface area (Å²) in [7, 11) is 1.55. The molecule has 0 amide bonds. The van der Waals surface area contributed by atoms with E-state index in [-0.39, 0.29) is 12.2 Å². The highest BCUT2D eigenvalue weighted by Crippen LogP contribution is 2.23. The van der Waals surface area contributed by atoms with E-state index in [2.05, 4.69) is 25.4 Å². The van der Waals surface area contributed by atoms with Crippen LogP contribution in [0.5, 0.6) is 0 Å². The Morgan fingerprint density at radius 3 is 3.05 bits per heavy atom. The van der Waals surface area contributed by atoms with Crippen LogP contribution in [0.4, 0.5) is 5.82 Å². The van der Waals surface area contributed by atoms with Gasteiger partial charge < -0.3 is 15.1 Å². The van der Waals surface area contributed by atoms with Gasteiger partial charge >= 0.3 is 0 Å². The SMILES string of the molecule is COCc1nc(NN)cc(Sc2nccc(=O)[nH]2)n1. The van der Waals surface area contributed by atoms with E-state index in [9.17, 15) is 4.79 Å². The molecule has 0 fully saturated rings. The number of methoxy groups -OCH3 is 1. The van der Waals surface area contributed by atoms with Gasteiger partial charge in [0.25, 0.3) is 5.56 Å². The molecular weight excluding hydrogens is 268 g/mol. The fourth-order valence-corrected chi connectivity index (χ4v) is 2.08. The zero-order valence-corrected chi connectivity index (χ0v) is 10.9. The van der Waals surface area contributed by atoms with Crippen molar-refractivity contribution in [2.75, 3.05) is 12.5 Å². The molecule has 2 aromatic rings. The number of aromatic amines is 1. The summed E-state index contributed by atoms with van der Waals surface area (Å²) in [6, 6.07) is 2.99. The Balaban J connectivity index is 2.28. The number of ether oxygens (including phenoxy) is 1. The van der Waals surface area contributed by atoms with Gasteiger partial charge in [0.1, 0.15) is 17.5 Å². The van der Waals surface area contributed by atoms with E-state index in [4.69, 9.17) is 10.6 Å². The van der Waals surface area contributed by atoms with Gasteiger partial charge in [-0.3, -0.25) is 4.79 Å². The molecule has 9 heteroatoms. The van der Waals surface area contributed by atoms with Crippen molar-refractivity contribution in [1.82, 2.24) is 19.9 Å². The van der Waals surface area contributed by atoms with Crippen LogP contribution in [0.3, 0.4) is 0 Å². The molecule has 0 atom stereocenters. The van der Waals surface area contributed by atoms with Crippen molar-refractivity contribution in [3.8, 4) is 0 Å². The van der Waals surface area contributed by atoms with Crippen LogP contribution < -0.4 is 16.8 Å². The van der Waals surface area contributed by atoms with Crippen LogP contribution in [-0.4, -0.2) is 27.0 Å². The van der Waals surface area contributed by atoms with E-state index in [1.54, 1.807) is 13.2 Å².